The summed E-state index contributed by atoms with van der Waals surface area (Å²) in [5, 5.41) is 8.67. The molecule has 1 aliphatic carbocycles. The van der Waals surface area contributed by atoms with Crippen molar-refractivity contribution in [1.29, 1.82) is 0 Å². The number of carboxylic acids is 1. The lowest BCUT2D eigenvalue weighted by atomic mass is 9.82. The van der Waals surface area contributed by atoms with Crippen LogP contribution in [0.5, 0.6) is 0 Å². The minimum absolute atomic E-state index is 0.0771. The monoisotopic (exact) mass is 261 g/mol. The Morgan fingerprint density at radius 2 is 2.00 bits per heavy atom. The van der Waals surface area contributed by atoms with Crippen LogP contribution < -0.4 is 0 Å². The molecule has 0 bridgehead atoms. The van der Waals surface area contributed by atoms with Crippen molar-refractivity contribution in [2.24, 2.45) is 5.92 Å². The summed E-state index contributed by atoms with van der Waals surface area (Å²) in [7, 11) is 1.55. The maximum Gasteiger partial charge on any atom is 0.323 e. The molecule has 0 saturated heterocycles. The summed E-state index contributed by atoms with van der Waals surface area (Å²) in [6.45, 7) is -0.220. The van der Waals surface area contributed by atoms with Crippen molar-refractivity contribution in [1.82, 2.24) is 4.90 Å². The second-order valence-electron chi connectivity index (χ2n) is 5.23. The Morgan fingerprint density at radius 3 is 2.68 bits per heavy atom. The number of rotatable bonds is 4. The number of likely N-dealkylation sites (N-methyl/N-ethyl adjacent to an activating group) is 1. The molecule has 1 atom stereocenters. The minimum Gasteiger partial charge on any atom is -0.480 e. The first kappa shape index (κ1) is 13.6. The molecule has 19 heavy (non-hydrogen) atoms. The maximum absolute atomic E-state index is 11.9. The highest BCUT2D eigenvalue weighted by Gasteiger charge is 2.22. The summed E-state index contributed by atoms with van der Waals surface area (Å²) in [6, 6.07) is 8.33. The Hall–Kier alpha value is -1.84. The standard InChI is InChI=1S/C15H19NO3/c1-16(10-15(18)19)14(17)9-11-6-7-12-4-2-3-5-13(12)8-11/h2-5,11H,6-10H2,1H3,(H,18,19). The lowest BCUT2D eigenvalue weighted by molar-refractivity contribution is -0.143. The molecule has 0 saturated carbocycles. The van der Waals surface area contributed by atoms with Gasteiger partial charge in [0.1, 0.15) is 6.54 Å². The molecule has 4 heteroatoms. The summed E-state index contributed by atoms with van der Waals surface area (Å²) in [5.41, 5.74) is 2.71. The van der Waals surface area contributed by atoms with Crippen LogP contribution in [0, 0.1) is 5.92 Å². The number of aliphatic carboxylic acids is 1. The van der Waals surface area contributed by atoms with Crippen molar-refractivity contribution in [3.8, 4) is 0 Å². The van der Waals surface area contributed by atoms with Gasteiger partial charge in [-0.1, -0.05) is 24.3 Å². The number of carbonyl (C=O) groups is 2. The Morgan fingerprint density at radius 1 is 1.32 bits per heavy atom. The molecule has 1 aromatic rings. The fourth-order valence-electron chi connectivity index (χ4n) is 2.64. The number of hydrogen-bond acceptors (Lipinski definition) is 2. The molecular formula is C15H19NO3. The van der Waals surface area contributed by atoms with Gasteiger partial charge in [0.05, 0.1) is 0 Å². The zero-order valence-electron chi connectivity index (χ0n) is 11.1. The van der Waals surface area contributed by atoms with E-state index in [0.29, 0.717) is 12.3 Å². The number of fused-ring (bicyclic) bond motifs is 1. The molecule has 1 aromatic carbocycles. The van der Waals surface area contributed by atoms with Gasteiger partial charge in [-0.2, -0.15) is 0 Å². The van der Waals surface area contributed by atoms with E-state index in [1.807, 2.05) is 12.1 Å². The van der Waals surface area contributed by atoms with Gasteiger partial charge in [0, 0.05) is 13.5 Å². The van der Waals surface area contributed by atoms with Gasteiger partial charge in [0.25, 0.3) is 0 Å². The quantitative estimate of drug-likeness (QED) is 0.898. The normalized spacial score (nSPS) is 17.6. The van der Waals surface area contributed by atoms with Gasteiger partial charge in [0.2, 0.25) is 5.91 Å². The SMILES string of the molecule is CN(CC(=O)O)C(=O)CC1CCc2ccccc2C1. The van der Waals surface area contributed by atoms with Crippen LogP contribution in [0.3, 0.4) is 0 Å². The largest absolute Gasteiger partial charge is 0.480 e. The van der Waals surface area contributed by atoms with E-state index < -0.39 is 5.97 Å². The molecule has 102 valence electrons. The predicted molar refractivity (Wildman–Crippen MR) is 71.8 cm³/mol. The van der Waals surface area contributed by atoms with E-state index in [4.69, 9.17) is 5.11 Å². The number of carbonyl (C=O) groups excluding carboxylic acids is 1. The van der Waals surface area contributed by atoms with Crippen molar-refractivity contribution in [3.63, 3.8) is 0 Å². The highest BCUT2D eigenvalue weighted by atomic mass is 16.4. The fraction of sp³-hybridized carbons (Fsp3) is 0.467. The van der Waals surface area contributed by atoms with Crippen LogP contribution >= 0.6 is 0 Å². The van der Waals surface area contributed by atoms with Crippen LogP contribution in [-0.4, -0.2) is 35.5 Å². The highest BCUT2D eigenvalue weighted by molar-refractivity contribution is 5.81. The Bertz CT molecular complexity index is 484. The first-order valence-corrected chi connectivity index (χ1v) is 6.59. The van der Waals surface area contributed by atoms with Crippen molar-refractivity contribution in [2.75, 3.05) is 13.6 Å². The molecule has 0 fully saturated rings. The van der Waals surface area contributed by atoms with Crippen LogP contribution in [0.15, 0.2) is 24.3 Å². The molecule has 0 heterocycles. The molecule has 1 amide bonds. The first-order chi connectivity index (χ1) is 9.06. The second-order valence-corrected chi connectivity index (χ2v) is 5.23. The Kier molecular flexibility index (Phi) is 4.20. The molecular weight excluding hydrogens is 242 g/mol. The number of hydrogen-bond donors (Lipinski definition) is 1. The third-order valence-corrected chi connectivity index (χ3v) is 3.71. The molecule has 1 aliphatic rings. The van der Waals surface area contributed by atoms with Crippen LogP contribution in [0.25, 0.3) is 0 Å². The molecule has 0 aliphatic heterocycles. The Labute approximate surface area is 113 Å². The summed E-state index contributed by atoms with van der Waals surface area (Å²) in [6.07, 6.45) is 3.38. The van der Waals surface area contributed by atoms with Crippen LogP contribution in [0.2, 0.25) is 0 Å². The topological polar surface area (TPSA) is 57.6 Å². The third-order valence-electron chi connectivity index (χ3n) is 3.71. The average molecular weight is 261 g/mol. The zero-order valence-corrected chi connectivity index (χ0v) is 11.1. The summed E-state index contributed by atoms with van der Waals surface area (Å²) in [4.78, 5) is 23.8. The van der Waals surface area contributed by atoms with E-state index in [2.05, 4.69) is 12.1 Å². The number of aryl methyl sites for hydroxylation is 1. The predicted octanol–water partition coefficient (Wildman–Crippen LogP) is 1.72. The number of benzene rings is 1. The smallest absolute Gasteiger partial charge is 0.323 e. The molecule has 0 spiro atoms. The summed E-state index contributed by atoms with van der Waals surface area (Å²) < 4.78 is 0. The van der Waals surface area contributed by atoms with Crippen LogP contribution in [0.1, 0.15) is 24.0 Å². The van der Waals surface area contributed by atoms with Crippen molar-refractivity contribution < 1.29 is 14.7 Å². The van der Waals surface area contributed by atoms with Crippen molar-refractivity contribution in [2.45, 2.75) is 25.7 Å². The Balaban J connectivity index is 1.91. The summed E-state index contributed by atoms with van der Waals surface area (Å²) >= 11 is 0. The van der Waals surface area contributed by atoms with Crippen molar-refractivity contribution in [3.05, 3.63) is 35.4 Å². The van der Waals surface area contributed by atoms with E-state index in [9.17, 15) is 9.59 Å². The second kappa shape index (κ2) is 5.87. The fourth-order valence-corrected chi connectivity index (χ4v) is 2.64. The summed E-state index contributed by atoms with van der Waals surface area (Å²) in [5.74, 6) is -0.713. The zero-order chi connectivity index (χ0) is 13.8. The number of nitrogens with zero attached hydrogens (tertiary/aromatic N) is 1. The van der Waals surface area contributed by atoms with Gasteiger partial charge in [-0.05, 0) is 36.3 Å². The van der Waals surface area contributed by atoms with E-state index in [1.54, 1.807) is 7.05 Å². The lowest BCUT2D eigenvalue weighted by Crippen LogP contribution is -2.33. The van der Waals surface area contributed by atoms with E-state index in [1.165, 1.54) is 16.0 Å². The maximum atomic E-state index is 11.9. The molecule has 4 nitrogen and oxygen atoms in total. The van der Waals surface area contributed by atoms with Crippen LogP contribution in [-0.2, 0) is 22.4 Å². The lowest BCUT2D eigenvalue weighted by Gasteiger charge is -2.25. The minimum atomic E-state index is -0.968. The molecule has 1 unspecified atom stereocenters. The van der Waals surface area contributed by atoms with Gasteiger partial charge >= 0.3 is 5.97 Å². The van der Waals surface area contributed by atoms with Gasteiger partial charge < -0.3 is 10.0 Å². The van der Waals surface area contributed by atoms with E-state index in [0.717, 1.165) is 19.3 Å². The average Bonchev–Trinajstić information content (AvgIpc) is 2.37. The first-order valence-electron chi connectivity index (χ1n) is 6.59. The number of amides is 1. The van der Waals surface area contributed by atoms with E-state index >= 15 is 0 Å². The molecule has 0 radical (unpaired) electrons. The molecule has 2 rings (SSSR count). The molecule has 1 N–H and O–H groups in total. The van der Waals surface area contributed by atoms with Gasteiger partial charge in [-0.15, -0.1) is 0 Å². The molecule has 0 aromatic heterocycles. The highest BCUT2D eigenvalue weighted by Crippen LogP contribution is 2.27. The van der Waals surface area contributed by atoms with E-state index in [-0.39, 0.29) is 12.5 Å². The van der Waals surface area contributed by atoms with Gasteiger partial charge in [-0.3, -0.25) is 9.59 Å². The van der Waals surface area contributed by atoms with Crippen molar-refractivity contribution >= 4 is 11.9 Å². The van der Waals surface area contributed by atoms with Crippen LogP contribution in [0.4, 0.5) is 0 Å². The van der Waals surface area contributed by atoms with Gasteiger partial charge in [0.15, 0.2) is 0 Å². The van der Waals surface area contributed by atoms with Gasteiger partial charge in [-0.25, -0.2) is 0 Å². The number of carboxylic acid groups (broad SMARTS) is 1. The third kappa shape index (κ3) is 3.56.